The molecule has 1 aliphatic heterocycles. The number of nitrogens with two attached hydrogens (primary N) is 2. The largest absolute Gasteiger partial charge is 0.375 e. The van der Waals surface area contributed by atoms with Gasteiger partial charge in [-0.2, -0.15) is 0 Å². The first-order valence-electron chi connectivity index (χ1n) is 8.11. The van der Waals surface area contributed by atoms with E-state index in [-0.39, 0.29) is 23.0 Å². The summed E-state index contributed by atoms with van der Waals surface area (Å²) in [5, 5.41) is 0.296. The van der Waals surface area contributed by atoms with Crippen molar-refractivity contribution in [3.63, 3.8) is 0 Å². The summed E-state index contributed by atoms with van der Waals surface area (Å²) in [5.41, 5.74) is 12.4. The van der Waals surface area contributed by atoms with Gasteiger partial charge in [-0.05, 0) is 31.0 Å². The molecule has 1 saturated heterocycles. The normalized spacial score (nSPS) is 17.4. The van der Waals surface area contributed by atoms with Crippen molar-refractivity contribution in [1.29, 1.82) is 0 Å². The van der Waals surface area contributed by atoms with Crippen LogP contribution in [0, 0.1) is 0 Å². The van der Waals surface area contributed by atoms with Gasteiger partial charge in [0.05, 0.1) is 12.6 Å². The highest BCUT2D eigenvalue weighted by atomic mass is 16.5. The number of aromatic nitrogens is 3. The van der Waals surface area contributed by atoms with Gasteiger partial charge in [0.25, 0.3) is 17.1 Å². The van der Waals surface area contributed by atoms with Gasteiger partial charge in [0, 0.05) is 12.8 Å². The first-order valence-corrected chi connectivity index (χ1v) is 8.11. The van der Waals surface area contributed by atoms with Crippen molar-refractivity contribution in [1.82, 2.24) is 9.38 Å². The summed E-state index contributed by atoms with van der Waals surface area (Å²) in [4.78, 5) is 29.2. The summed E-state index contributed by atoms with van der Waals surface area (Å²) < 4.78 is 8.77. The van der Waals surface area contributed by atoms with Gasteiger partial charge in [-0.3, -0.25) is 14.0 Å². The van der Waals surface area contributed by atoms with Crippen LogP contribution in [-0.2, 0) is 11.3 Å². The minimum Gasteiger partial charge on any atom is -0.375 e. The Morgan fingerprint density at radius 3 is 3.00 bits per heavy atom. The summed E-state index contributed by atoms with van der Waals surface area (Å²) in [6, 6.07) is 6.72. The molecule has 0 saturated carbocycles. The van der Waals surface area contributed by atoms with Gasteiger partial charge in [-0.15, -0.1) is 0 Å². The molecule has 25 heavy (non-hydrogen) atoms. The van der Waals surface area contributed by atoms with E-state index in [0.29, 0.717) is 29.8 Å². The van der Waals surface area contributed by atoms with E-state index in [1.54, 1.807) is 29.0 Å². The third kappa shape index (κ3) is 2.51. The zero-order valence-electron chi connectivity index (χ0n) is 13.5. The second-order valence-electron chi connectivity index (χ2n) is 6.14. The van der Waals surface area contributed by atoms with E-state index >= 15 is 0 Å². The van der Waals surface area contributed by atoms with Gasteiger partial charge in [-0.25, -0.2) is 4.57 Å². The Labute approximate surface area is 142 Å². The SMILES string of the molecule is NC(=O)c1cc2c(=O)n3ccccc3nc2[n+](CC2CCCO2)c1N. The van der Waals surface area contributed by atoms with E-state index in [2.05, 4.69) is 4.98 Å². The Bertz CT molecular complexity index is 1050. The number of nitrogens with zero attached hydrogens (tertiary/aromatic N) is 3. The van der Waals surface area contributed by atoms with E-state index in [4.69, 9.17) is 16.2 Å². The highest BCUT2D eigenvalue weighted by molar-refractivity contribution is 5.99. The standard InChI is InChI=1S/C17H17N5O3/c18-14-11(15(19)23)8-12-16(22(14)9-10-4-3-7-25-10)20-13-5-1-2-6-21(13)17(12)24/h1-2,5-6,8,10,18H,3-4,7,9H2,(H2,19,23)/p+1. The van der Waals surface area contributed by atoms with E-state index in [0.717, 1.165) is 12.8 Å². The highest BCUT2D eigenvalue weighted by Crippen LogP contribution is 2.17. The van der Waals surface area contributed by atoms with Crippen molar-refractivity contribution in [3.05, 3.63) is 46.4 Å². The zero-order valence-corrected chi connectivity index (χ0v) is 13.5. The minimum absolute atomic E-state index is 0.0327. The van der Waals surface area contributed by atoms with E-state index < -0.39 is 5.91 Å². The van der Waals surface area contributed by atoms with Crippen molar-refractivity contribution in [3.8, 4) is 0 Å². The van der Waals surface area contributed by atoms with Crippen LogP contribution in [0.25, 0.3) is 16.7 Å². The second kappa shape index (κ2) is 5.82. The van der Waals surface area contributed by atoms with Gasteiger partial charge >= 0.3 is 0 Å². The molecule has 1 unspecified atom stereocenters. The molecule has 4 rings (SSSR count). The molecular weight excluding hydrogens is 322 g/mol. The monoisotopic (exact) mass is 340 g/mol. The molecule has 0 aliphatic carbocycles. The van der Waals surface area contributed by atoms with Crippen LogP contribution < -0.4 is 21.6 Å². The average molecular weight is 340 g/mol. The number of carbonyl (C=O) groups is 1. The Morgan fingerprint density at radius 2 is 2.28 bits per heavy atom. The molecular formula is C17H18N5O3+. The molecule has 1 fully saturated rings. The topological polar surface area (TPSA) is 117 Å². The van der Waals surface area contributed by atoms with Crippen LogP contribution in [0.5, 0.6) is 0 Å². The Hall–Kier alpha value is -3.00. The summed E-state index contributed by atoms with van der Waals surface area (Å²) in [6.07, 6.45) is 3.46. The maximum Gasteiger partial charge on any atom is 0.278 e. The minimum atomic E-state index is -0.682. The zero-order chi connectivity index (χ0) is 17.6. The smallest absolute Gasteiger partial charge is 0.278 e. The number of primary amides is 1. The van der Waals surface area contributed by atoms with Gasteiger partial charge in [-0.1, -0.05) is 11.1 Å². The summed E-state index contributed by atoms with van der Waals surface area (Å²) in [6.45, 7) is 1.11. The number of ether oxygens (including phenoxy) is 1. The molecule has 128 valence electrons. The molecule has 3 aromatic rings. The lowest BCUT2D eigenvalue weighted by atomic mass is 10.1. The maximum absolute atomic E-state index is 12.8. The molecule has 0 bridgehead atoms. The van der Waals surface area contributed by atoms with Crippen molar-refractivity contribution in [2.75, 3.05) is 12.3 Å². The second-order valence-corrected chi connectivity index (χ2v) is 6.14. The van der Waals surface area contributed by atoms with E-state index in [1.165, 1.54) is 10.5 Å². The van der Waals surface area contributed by atoms with Crippen molar-refractivity contribution >= 4 is 28.4 Å². The molecule has 1 amide bonds. The van der Waals surface area contributed by atoms with Crippen molar-refractivity contribution in [2.24, 2.45) is 5.73 Å². The first-order chi connectivity index (χ1) is 12.1. The van der Waals surface area contributed by atoms with Crippen LogP contribution in [0.3, 0.4) is 0 Å². The molecule has 0 radical (unpaired) electrons. The van der Waals surface area contributed by atoms with Crippen molar-refractivity contribution < 1.29 is 14.1 Å². The Balaban J connectivity index is 2.06. The maximum atomic E-state index is 12.8. The van der Waals surface area contributed by atoms with Crippen molar-refractivity contribution in [2.45, 2.75) is 25.5 Å². The third-order valence-electron chi connectivity index (χ3n) is 4.54. The lowest BCUT2D eigenvalue weighted by Gasteiger charge is -2.14. The number of hydrogen-bond donors (Lipinski definition) is 2. The number of nitrogen functional groups attached to an aromatic ring is 1. The Morgan fingerprint density at radius 1 is 1.44 bits per heavy atom. The lowest BCUT2D eigenvalue weighted by molar-refractivity contribution is -0.666. The highest BCUT2D eigenvalue weighted by Gasteiger charge is 2.26. The fourth-order valence-electron chi connectivity index (χ4n) is 3.28. The summed E-state index contributed by atoms with van der Waals surface area (Å²) in [7, 11) is 0. The fourth-order valence-corrected chi connectivity index (χ4v) is 3.28. The average Bonchev–Trinajstić information content (AvgIpc) is 3.11. The molecule has 4 N–H and O–H groups in total. The van der Waals surface area contributed by atoms with E-state index in [1.807, 2.05) is 0 Å². The molecule has 1 atom stereocenters. The molecule has 4 heterocycles. The van der Waals surface area contributed by atoms with Crippen LogP contribution in [-0.4, -0.2) is 28.0 Å². The number of carbonyl (C=O) groups excluding carboxylic acids is 1. The Kier molecular flexibility index (Phi) is 3.61. The fraction of sp³-hybridized carbons (Fsp3) is 0.294. The number of fused-ring (bicyclic) bond motifs is 2. The van der Waals surface area contributed by atoms with Crippen LogP contribution in [0.15, 0.2) is 35.3 Å². The molecule has 8 heteroatoms. The van der Waals surface area contributed by atoms with Crippen LogP contribution in [0.4, 0.5) is 5.82 Å². The number of hydrogen-bond acceptors (Lipinski definition) is 5. The number of pyridine rings is 2. The van der Waals surface area contributed by atoms with Crippen LogP contribution in [0.1, 0.15) is 23.2 Å². The number of amides is 1. The van der Waals surface area contributed by atoms with Crippen LogP contribution in [0.2, 0.25) is 0 Å². The predicted molar refractivity (Wildman–Crippen MR) is 91.1 cm³/mol. The number of anilines is 1. The summed E-state index contributed by atoms with van der Waals surface area (Å²) >= 11 is 0. The van der Waals surface area contributed by atoms with Crippen LogP contribution >= 0.6 is 0 Å². The van der Waals surface area contributed by atoms with E-state index in [9.17, 15) is 9.59 Å². The lowest BCUT2D eigenvalue weighted by Crippen LogP contribution is -2.46. The number of rotatable bonds is 3. The predicted octanol–water partition coefficient (Wildman–Crippen LogP) is -0.00470. The quantitative estimate of drug-likeness (QED) is 0.514. The van der Waals surface area contributed by atoms with Gasteiger partial charge < -0.3 is 16.2 Å². The summed E-state index contributed by atoms with van der Waals surface area (Å²) in [5.74, 6) is -0.485. The first kappa shape index (κ1) is 15.5. The molecule has 3 aromatic heterocycles. The van der Waals surface area contributed by atoms with Gasteiger partial charge in [0.1, 0.15) is 10.9 Å². The molecule has 1 aliphatic rings. The molecule has 0 aromatic carbocycles. The molecule has 8 nitrogen and oxygen atoms in total. The van der Waals surface area contributed by atoms with Gasteiger partial charge in [0.15, 0.2) is 0 Å². The third-order valence-corrected chi connectivity index (χ3v) is 4.54. The molecule has 0 spiro atoms. The van der Waals surface area contributed by atoms with Gasteiger partial charge in [0.2, 0.25) is 11.5 Å².